The van der Waals surface area contributed by atoms with Crippen molar-refractivity contribution in [3.05, 3.63) is 35.9 Å². The van der Waals surface area contributed by atoms with E-state index in [-0.39, 0.29) is 11.3 Å². The van der Waals surface area contributed by atoms with Gasteiger partial charge in [-0.05, 0) is 25.8 Å². The predicted molar refractivity (Wildman–Crippen MR) is 84.3 cm³/mol. The van der Waals surface area contributed by atoms with E-state index >= 15 is 0 Å². The molecule has 114 valence electrons. The molecule has 21 heavy (non-hydrogen) atoms. The molecule has 2 rings (SSSR count). The van der Waals surface area contributed by atoms with Gasteiger partial charge in [0.15, 0.2) is 0 Å². The van der Waals surface area contributed by atoms with E-state index < -0.39 is 17.4 Å². The molecule has 1 aliphatic rings. The molecule has 1 aromatic carbocycles. The summed E-state index contributed by atoms with van der Waals surface area (Å²) in [5.41, 5.74) is 0.179. The van der Waals surface area contributed by atoms with Crippen molar-refractivity contribution >= 4 is 23.6 Å². The van der Waals surface area contributed by atoms with Gasteiger partial charge < -0.3 is 10.0 Å². The minimum absolute atomic E-state index is 0.0541. The van der Waals surface area contributed by atoms with Crippen LogP contribution in [0.1, 0.15) is 32.8 Å². The summed E-state index contributed by atoms with van der Waals surface area (Å²) in [6.07, 6.45) is 0.755. The van der Waals surface area contributed by atoms with Crippen molar-refractivity contribution in [1.82, 2.24) is 4.90 Å². The molecule has 1 N–H and O–H groups in total. The van der Waals surface area contributed by atoms with Crippen LogP contribution in [-0.4, -0.2) is 39.1 Å². The lowest BCUT2D eigenvalue weighted by molar-refractivity contribution is -0.151. The highest BCUT2D eigenvalue weighted by molar-refractivity contribution is 8.00. The molecule has 5 heteroatoms. The number of rotatable bonds is 4. The zero-order valence-electron chi connectivity index (χ0n) is 12.6. The van der Waals surface area contributed by atoms with Crippen LogP contribution in [0, 0.1) is 0 Å². The summed E-state index contributed by atoms with van der Waals surface area (Å²) >= 11 is 1.55. The number of carboxylic acid groups (broad SMARTS) is 1. The van der Waals surface area contributed by atoms with E-state index in [9.17, 15) is 14.7 Å². The third-order valence-electron chi connectivity index (χ3n) is 3.99. The Hall–Kier alpha value is -1.49. The maximum atomic E-state index is 13.0. The molecule has 0 aromatic heterocycles. The van der Waals surface area contributed by atoms with Crippen LogP contribution in [-0.2, 0) is 15.0 Å². The number of aliphatic carboxylic acids is 1. The summed E-state index contributed by atoms with van der Waals surface area (Å²) in [6, 6.07) is 8.81. The van der Waals surface area contributed by atoms with Crippen molar-refractivity contribution in [2.45, 2.75) is 44.0 Å². The lowest BCUT2D eigenvalue weighted by Crippen LogP contribution is -2.51. The van der Waals surface area contributed by atoms with Crippen molar-refractivity contribution in [2.75, 3.05) is 5.75 Å². The number of thioether (sulfide) groups is 1. The van der Waals surface area contributed by atoms with Gasteiger partial charge in [-0.2, -0.15) is 0 Å². The van der Waals surface area contributed by atoms with E-state index in [1.807, 2.05) is 51.1 Å². The lowest BCUT2D eigenvalue weighted by atomic mass is 9.83. The Labute approximate surface area is 129 Å². The first-order valence-corrected chi connectivity index (χ1v) is 8.17. The SMILES string of the molecule is CCC1SCC(C(=O)O)N1C(=O)C(C)(C)c1ccccc1. The summed E-state index contributed by atoms with van der Waals surface area (Å²) in [7, 11) is 0. The first-order chi connectivity index (χ1) is 9.89. The van der Waals surface area contributed by atoms with E-state index in [4.69, 9.17) is 0 Å². The molecule has 1 amide bonds. The number of benzene rings is 1. The largest absolute Gasteiger partial charge is 0.480 e. The van der Waals surface area contributed by atoms with Crippen LogP contribution >= 0.6 is 11.8 Å². The van der Waals surface area contributed by atoms with Crippen molar-refractivity contribution < 1.29 is 14.7 Å². The third kappa shape index (κ3) is 2.93. The van der Waals surface area contributed by atoms with Crippen LogP contribution in [0.4, 0.5) is 0 Å². The molecule has 1 aromatic rings. The molecular formula is C16H21NO3S. The van der Waals surface area contributed by atoms with Gasteiger partial charge in [0.2, 0.25) is 5.91 Å². The zero-order chi connectivity index (χ0) is 15.6. The molecule has 1 saturated heterocycles. The first-order valence-electron chi connectivity index (χ1n) is 7.12. The normalized spacial score (nSPS) is 22.3. The summed E-state index contributed by atoms with van der Waals surface area (Å²) in [5.74, 6) is -0.571. The summed E-state index contributed by atoms with van der Waals surface area (Å²) < 4.78 is 0. The summed E-state index contributed by atoms with van der Waals surface area (Å²) in [5, 5.41) is 9.32. The molecule has 0 saturated carbocycles. The topological polar surface area (TPSA) is 57.6 Å². The number of nitrogens with zero attached hydrogens (tertiary/aromatic N) is 1. The van der Waals surface area contributed by atoms with Gasteiger partial charge >= 0.3 is 5.97 Å². The molecule has 1 fully saturated rings. The van der Waals surface area contributed by atoms with Gasteiger partial charge in [-0.15, -0.1) is 11.8 Å². The minimum atomic E-state index is -0.921. The molecule has 0 aliphatic carbocycles. The minimum Gasteiger partial charge on any atom is -0.480 e. The van der Waals surface area contributed by atoms with Crippen LogP contribution < -0.4 is 0 Å². The second-order valence-corrected chi connectivity index (χ2v) is 6.96. The van der Waals surface area contributed by atoms with Crippen molar-refractivity contribution in [1.29, 1.82) is 0 Å². The Kier molecular flexibility index (Phi) is 4.61. The van der Waals surface area contributed by atoms with Crippen LogP contribution in [0.25, 0.3) is 0 Å². The van der Waals surface area contributed by atoms with Gasteiger partial charge in [0, 0.05) is 5.75 Å². The second kappa shape index (κ2) is 6.10. The molecule has 2 unspecified atom stereocenters. The van der Waals surface area contributed by atoms with Gasteiger partial charge in [0.1, 0.15) is 6.04 Å². The summed E-state index contributed by atoms with van der Waals surface area (Å²) in [6.45, 7) is 5.70. The van der Waals surface area contributed by atoms with Crippen molar-refractivity contribution in [3.63, 3.8) is 0 Å². The van der Waals surface area contributed by atoms with E-state index in [0.717, 1.165) is 12.0 Å². The lowest BCUT2D eigenvalue weighted by Gasteiger charge is -2.34. The molecule has 0 radical (unpaired) electrons. The molecular weight excluding hydrogens is 286 g/mol. The third-order valence-corrected chi connectivity index (χ3v) is 5.44. The number of carbonyl (C=O) groups excluding carboxylic acids is 1. The quantitative estimate of drug-likeness (QED) is 0.929. The Morgan fingerprint density at radius 3 is 2.48 bits per heavy atom. The number of carboxylic acids is 1. The fraction of sp³-hybridized carbons (Fsp3) is 0.500. The van der Waals surface area contributed by atoms with E-state index in [2.05, 4.69) is 0 Å². The van der Waals surface area contributed by atoms with Gasteiger partial charge in [-0.25, -0.2) is 4.79 Å². The van der Waals surface area contributed by atoms with Gasteiger partial charge in [-0.3, -0.25) is 4.79 Å². The predicted octanol–water partition coefficient (Wildman–Crippen LogP) is 2.73. The zero-order valence-corrected chi connectivity index (χ0v) is 13.4. The van der Waals surface area contributed by atoms with Crippen molar-refractivity contribution in [2.24, 2.45) is 0 Å². The van der Waals surface area contributed by atoms with E-state index in [1.54, 1.807) is 16.7 Å². The second-order valence-electron chi connectivity index (χ2n) is 5.75. The highest BCUT2D eigenvalue weighted by Crippen LogP contribution is 2.36. The molecule has 2 atom stereocenters. The number of amides is 1. The maximum Gasteiger partial charge on any atom is 0.327 e. The molecule has 0 spiro atoms. The Morgan fingerprint density at radius 2 is 1.95 bits per heavy atom. The highest BCUT2D eigenvalue weighted by Gasteiger charge is 2.45. The Balaban J connectivity index is 2.34. The van der Waals surface area contributed by atoms with Gasteiger partial charge in [-0.1, -0.05) is 37.3 Å². The Bertz CT molecular complexity index is 530. The number of carbonyl (C=O) groups is 2. The van der Waals surface area contributed by atoms with E-state index in [1.165, 1.54) is 0 Å². The molecule has 0 bridgehead atoms. The average Bonchev–Trinajstić information content (AvgIpc) is 2.91. The monoisotopic (exact) mass is 307 g/mol. The highest BCUT2D eigenvalue weighted by atomic mass is 32.2. The standard InChI is InChI=1S/C16H21NO3S/c1-4-13-17(12(10-21-13)14(18)19)15(20)16(2,3)11-8-6-5-7-9-11/h5-9,12-13H,4,10H2,1-3H3,(H,18,19). The van der Waals surface area contributed by atoms with Crippen LogP contribution in [0.15, 0.2) is 30.3 Å². The number of hydrogen-bond acceptors (Lipinski definition) is 3. The summed E-state index contributed by atoms with van der Waals surface area (Å²) in [4.78, 5) is 26.0. The van der Waals surface area contributed by atoms with Crippen LogP contribution in [0.5, 0.6) is 0 Å². The molecule has 1 heterocycles. The van der Waals surface area contributed by atoms with Crippen molar-refractivity contribution in [3.8, 4) is 0 Å². The number of hydrogen-bond donors (Lipinski definition) is 1. The average molecular weight is 307 g/mol. The fourth-order valence-electron chi connectivity index (χ4n) is 2.64. The fourth-order valence-corrected chi connectivity index (χ4v) is 3.99. The van der Waals surface area contributed by atoms with Crippen LogP contribution in [0.3, 0.4) is 0 Å². The molecule has 4 nitrogen and oxygen atoms in total. The smallest absolute Gasteiger partial charge is 0.327 e. The first kappa shape index (κ1) is 15.9. The maximum absolute atomic E-state index is 13.0. The molecule has 1 aliphatic heterocycles. The van der Waals surface area contributed by atoms with Gasteiger partial charge in [0.05, 0.1) is 10.8 Å². The Morgan fingerprint density at radius 1 is 1.33 bits per heavy atom. The van der Waals surface area contributed by atoms with E-state index in [0.29, 0.717) is 5.75 Å². The van der Waals surface area contributed by atoms with Gasteiger partial charge in [0.25, 0.3) is 0 Å². The van der Waals surface area contributed by atoms with Crippen LogP contribution in [0.2, 0.25) is 0 Å².